The summed E-state index contributed by atoms with van der Waals surface area (Å²) >= 11 is 0. The summed E-state index contributed by atoms with van der Waals surface area (Å²) in [6, 6.07) is 1.46. The zero-order valence-corrected chi connectivity index (χ0v) is 4.94. The van der Waals surface area contributed by atoms with Gasteiger partial charge in [0.1, 0.15) is 0 Å². The van der Waals surface area contributed by atoms with Crippen molar-refractivity contribution in [2.24, 2.45) is 7.05 Å². The molecule has 0 saturated carbocycles. The fraction of sp³-hybridized carbons (Fsp3) is 0.200. The number of hydrogen-bond acceptors (Lipinski definition) is 2. The van der Waals surface area contributed by atoms with E-state index in [1.165, 1.54) is 12.3 Å². The Balaban J connectivity index is 2.98. The Hall–Kier alpha value is -1.32. The highest BCUT2D eigenvalue weighted by atomic mass is 16.6. The molecule has 1 aromatic heterocycles. The normalized spacial score (nSPS) is 9.44. The lowest BCUT2D eigenvalue weighted by molar-refractivity contribution is -0.384. The van der Waals surface area contributed by atoms with Crippen LogP contribution in [0.25, 0.3) is 0 Å². The standard InChI is InChI=1S/C5H6N2O2/c1-6-3-2-5(4-6)7(8)9/h2-4H,1H3. The topological polar surface area (TPSA) is 48.1 Å². The van der Waals surface area contributed by atoms with E-state index in [9.17, 15) is 10.1 Å². The first-order chi connectivity index (χ1) is 4.20. The fourth-order valence-electron chi connectivity index (χ4n) is 0.597. The molecule has 0 bridgehead atoms. The molecule has 0 N–H and O–H groups in total. The molecule has 0 amide bonds. The molecule has 0 unspecified atom stereocenters. The lowest BCUT2D eigenvalue weighted by Gasteiger charge is -1.81. The van der Waals surface area contributed by atoms with Crippen molar-refractivity contribution in [2.75, 3.05) is 0 Å². The second kappa shape index (κ2) is 1.89. The number of aromatic nitrogens is 1. The van der Waals surface area contributed by atoms with Gasteiger partial charge in [-0.3, -0.25) is 10.1 Å². The molecule has 0 atom stereocenters. The van der Waals surface area contributed by atoms with Crippen LogP contribution in [0.3, 0.4) is 0 Å². The molecule has 48 valence electrons. The van der Waals surface area contributed by atoms with Gasteiger partial charge in [-0.15, -0.1) is 0 Å². The SMILES string of the molecule is Cn1ccc([N+](=O)[O-])c1. The minimum atomic E-state index is -0.417. The summed E-state index contributed by atoms with van der Waals surface area (Å²) in [5.41, 5.74) is 0.137. The van der Waals surface area contributed by atoms with E-state index in [2.05, 4.69) is 0 Å². The van der Waals surface area contributed by atoms with Gasteiger partial charge in [-0.25, -0.2) is 0 Å². The van der Waals surface area contributed by atoms with E-state index in [-0.39, 0.29) is 5.69 Å². The Morgan fingerprint density at radius 2 is 2.44 bits per heavy atom. The van der Waals surface area contributed by atoms with Gasteiger partial charge in [0.25, 0.3) is 5.69 Å². The smallest absolute Gasteiger partial charge is 0.286 e. The van der Waals surface area contributed by atoms with Crippen molar-refractivity contribution in [1.82, 2.24) is 4.57 Å². The van der Waals surface area contributed by atoms with Crippen LogP contribution in [0.5, 0.6) is 0 Å². The first kappa shape index (κ1) is 5.81. The van der Waals surface area contributed by atoms with Crippen LogP contribution in [-0.4, -0.2) is 9.49 Å². The lowest BCUT2D eigenvalue weighted by atomic mass is 10.6. The molecule has 0 radical (unpaired) electrons. The maximum Gasteiger partial charge on any atom is 0.286 e. The van der Waals surface area contributed by atoms with Crippen molar-refractivity contribution in [3.63, 3.8) is 0 Å². The van der Waals surface area contributed by atoms with Gasteiger partial charge in [0.15, 0.2) is 0 Å². The molecular formula is C5H6N2O2. The highest BCUT2D eigenvalue weighted by Crippen LogP contribution is 2.08. The summed E-state index contributed by atoms with van der Waals surface area (Å²) in [7, 11) is 1.74. The van der Waals surface area contributed by atoms with Crippen LogP contribution in [0.4, 0.5) is 5.69 Å². The van der Waals surface area contributed by atoms with Gasteiger partial charge in [-0.1, -0.05) is 0 Å². The Labute approximate surface area is 51.9 Å². The van der Waals surface area contributed by atoms with Crippen LogP contribution in [0, 0.1) is 10.1 Å². The predicted molar refractivity (Wildman–Crippen MR) is 32.1 cm³/mol. The largest absolute Gasteiger partial charge is 0.351 e. The minimum absolute atomic E-state index is 0.137. The van der Waals surface area contributed by atoms with Crippen molar-refractivity contribution in [2.45, 2.75) is 0 Å². The number of nitro groups is 1. The van der Waals surface area contributed by atoms with E-state index in [4.69, 9.17) is 0 Å². The highest BCUT2D eigenvalue weighted by Gasteiger charge is 2.03. The van der Waals surface area contributed by atoms with Gasteiger partial charge in [0, 0.05) is 19.3 Å². The molecular weight excluding hydrogens is 120 g/mol. The molecule has 1 rings (SSSR count). The maximum atomic E-state index is 10.0. The number of aryl methyl sites for hydroxylation is 1. The van der Waals surface area contributed by atoms with Crippen molar-refractivity contribution < 1.29 is 4.92 Å². The third kappa shape index (κ3) is 1.07. The first-order valence-electron chi connectivity index (χ1n) is 2.46. The van der Waals surface area contributed by atoms with Crippen molar-refractivity contribution >= 4 is 5.69 Å². The zero-order valence-electron chi connectivity index (χ0n) is 4.94. The number of rotatable bonds is 1. The van der Waals surface area contributed by atoms with E-state index in [1.807, 2.05) is 0 Å². The monoisotopic (exact) mass is 126 g/mol. The molecule has 0 saturated heterocycles. The predicted octanol–water partition coefficient (Wildman–Crippen LogP) is 0.933. The van der Waals surface area contributed by atoms with Crippen LogP contribution < -0.4 is 0 Å². The third-order valence-corrected chi connectivity index (χ3v) is 1.03. The van der Waals surface area contributed by atoms with Gasteiger partial charge < -0.3 is 4.57 Å². The van der Waals surface area contributed by atoms with Crippen LogP contribution in [0.2, 0.25) is 0 Å². The van der Waals surface area contributed by atoms with Crippen molar-refractivity contribution in [1.29, 1.82) is 0 Å². The zero-order chi connectivity index (χ0) is 6.85. The maximum absolute atomic E-state index is 10.0. The Morgan fingerprint density at radius 3 is 2.67 bits per heavy atom. The van der Waals surface area contributed by atoms with E-state index in [0.29, 0.717) is 0 Å². The molecule has 0 aliphatic carbocycles. The van der Waals surface area contributed by atoms with Gasteiger partial charge in [0.2, 0.25) is 0 Å². The number of nitrogens with zero attached hydrogens (tertiary/aromatic N) is 2. The summed E-state index contributed by atoms with van der Waals surface area (Å²) in [5, 5.41) is 10.0. The lowest BCUT2D eigenvalue weighted by Crippen LogP contribution is -1.84. The summed E-state index contributed by atoms with van der Waals surface area (Å²) in [5.74, 6) is 0. The van der Waals surface area contributed by atoms with Crippen LogP contribution in [0.15, 0.2) is 18.5 Å². The summed E-state index contributed by atoms with van der Waals surface area (Å²) in [6.07, 6.45) is 3.10. The summed E-state index contributed by atoms with van der Waals surface area (Å²) in [4.78, 5) is 9.59. The Morgan fingerprint density at radius 1 is 1.78 bits per heavy atom. The molecule has 0 aliphatic rings. The van der Waals surface area contributed by atoms with Gasteiger partial charge in [0.05, 0.1) is 11.1 Å². The summed E-state index contributed by atoms with van der Waals surface area (Å²) < 4.78 is 1.64. The molecule has 4 heteroatoms. The number of hydrogen-bond donors (Lipinski definition) is 0. The molecule has 0 aliphatic heterocycles. The quantitative estimate of drug-likeness (QED) is 0.415. The molecule has 4 nitrogen and oxygen atoms in total. The fourth-order valence-corrected chi connectivity index (χ4v) is 0.597. The average Bonchev–Trinajstić information content (AvgIpc) is 2.14. The molecule has 0 fully saturated rings. The molecule has 1 aromatic rings. The average molecular weight is 126 g/mol. The molecule has 0 spiro atoms. The highest BCUT2D eigenvalue weighted by molar-refractivity contribution is 5.25. The van der Waals surface area contributed by atoms with Gasteiger partial charge in [-0.2, -0.15) is 0 Å². The van der Waals surface area contributed by atoms with Crippen molar-refractivity contribution in [3.05, 3.63) is 28.6 Å². The minimum Gasteiger partial charge on any atom is -0.351 e. The third-order valence-electron chi connectivity index (χ3n) is 1.03. The van der Waals surface area contributed by atoms with Crippen LogP contribution in [0.1, 0.15) is 0 Å². The Bertz CT molecular complexity index is 229. The van der Waals surface area contributed by atoms with Gasteiger partial charge in [-0.05, 0) is 0 Å². The molecule has 1 heterocycles. The Kier molecular flexibility index (Phi) is 1.22. The van der Waals surface area contributed by atoms with E-state index in [0.717, 1.165) is 0 Å². The second-order valence-electron chi connectivity index (χ2n) is 1.79. The summed E-state index contributed by atoms with van der Waals surface area (Å²) in [6.45, 7) is 0. The van der Waals surface area contributed by atoms with E-state index in [1.54, 1.807) is 17.8 Å². The van der Waals surface area contributed by atoms with E-state index >= 15 is 0 Å². The molecule has 9 heavy (non-hydrogen) atoms. The second-order valence-corrected chi connectivity index (χ2v) is 1.79. The van der Waals surface area contributed by atoms with Crippen LogP contribution in [-0.2, 0) is 7.05 Å². The molecule has 0 aromatic carbocycles. The van der Waals surface area contributed by atoms with E-state index < -0.39 is 4.92 Å². The first-order valence-corrected chi connectivity index (χ1v) is 2.46. The van der Waals surface area contributed by atoms with Gasteiger partial charge >= 0.3 is 0 Å². The van der Waals surface area contributed by atoms with Crippen LogP contribution >= 0.6 is 0 Å². The van der Waals surface area contributed by atoms with Crippen molar-refractivity contribution in [3.8, 4) is 0 Å².